The molecule has 1 aliphatic rings. The fourth-order valence-corrected chi connectivity index (χ4v) is 3.38. The van der Waals surface area contributed by atoms with Crippen LogP contribution in [0.5, 0.6) is 0 Å². The van der Waals surface area contributed by atoms with Crippen molar-refractivity contribution in [2.24, 2.45) is 0 Å². The first kappa shape index (κ1) is 17.8. The maximum atomic E-state index is 15.9. The highest BCUT2D eigenvalue weighted by atomic mass is 19.2. The predicted octanol–water partition coefficient (Wildman–Crippen LogP) is 5.59. The number of carbonyl (C=O) groups is 1. The molecule has 0 spiro atoms. The number of alkyl halides is 1. The summed E-state index contributed by atoms with van der Waals surface area (Å²) in [5.41, 5.74) is 2.92. The summed E-state index contributed by atoms with van der Waals surface area (Å²) in [7, 11) is 0. The molecule has 5 heteroatoms. The van der Waals surface area contributed by atoms with Crippen LogP contribution < -0.4 is 0 Å². The van der Waals surface area contributed by atoms with Gasteiger partial charge in [0.25, 0.3) is 0 Å². The van der Waals surface area contributed by atoms with E-state index < -0.39 is 12.0 Å². The van der Waals surface area contributed by atoms with Gasteiger partial charge in [0.15, 0.2) is 0 Å². The zero-order valence-electron chi connectivity index (χ0n) is 14.8. The third-order valence-electron chi connectivity index (χ3n) is 4.71. The van der Waals surface area contributed by atoms with Gasteiger partial charge in [-0.1, -0.05) is 78.9 Å². The van der Waals surface area contributed by atoms with Crippen molar-refractivity contribution in [3.63, 3.8) is 0 Å². The van der Waals surface area contributed by atoms with Crippen molar-refractivity contribution in [1.29, 1.82) is 0 Å². The second kappa shape index (κ2) is 7.19. The Labute approximate surface area is 161 Å². The molecular formula is C23H17FO4. The summed E-state index contributed by atoms with van der Waals surface area (Å²) in [6, 6.07) is 22.7. The van der Waals surface area contributed by atoms with Gasteiger partial charge in [-0.15, -0.1) is 0 Å². The minimum Gasteiger partial charge on any atom is -0.515 e. The Morgan fingerprint density at radius 2 is 1.43 bits per heavy atom. The van der Waals surface area contributed by atoms with Crippen molar-refractivity contribution in [2.75, 3.05) is 6.61 Å². The van der Waals surface area contributed by atoms with Crippen molar-refractivity contribution in [1.82, 2.24) is 0 Å². The molecule has 3 aromatic rings. The van der Waals surface area contributed by atoms with Crippen molar-refractivity contribution >= 4 is 11.7 Å². The largest absolute Gasteiger partial charge is 0.515 e. The predicted molar refractivity (Wildman–Crippen MR) is 103 cm³/mol. The van der Waals surface area contributed by atoms with Crippen LogP contribution in [0.3, 0.4) is 0 Å². The molecule has 3 aromatic carbocycles. The number of rotatable bonds is 4. The van der Waals surface area contributed by atoms with E-state index in [4.69, 9.17) is 9.47 Å². The maximum Gasteiger partial charge on any atom is 0.511 e. The van der Waals surface area contributed by atoms with Gasteiger partial charge in [0.05, 0.1) is 6.26 Å². The highest BCUT2D eigenvalue weighted by Gasteiger charge is 2.47. The van der Waals surface area contributed by atoms with Gasteiger partial charge in [-0.05, 0) is 16.7 Å². The Hall–Kier alpha value is -3.60. The van der Waals surface area contributed by atoms with E-state index in [1.54, 1.807) is 72.8 Å². The molecule has 0 saturated heterocycles. The second-order valence-corrected chi connectivity index (χ2v) is 6.35. The molecule has 0 fully saturated rings. The number of aliphatic hydroxyl groups excluding tert-OH is 1. The molecule has 0 aliphatic heterocycles. The van der Waals surface area contributed by atoms with Crippen LogP contribution >= 0.6 is 0 Å². The Morgan fingerprint density at radius 3 is 2.00 bits per heavy atom. The SMILES string of the molecule is O=C(OCC(=CO)c1ccccc1)OC1(F)c2ccccc2-c2ccccc21. The van der Waals surface area contributed by atoms with Gasteiger partial charge in [0.1, 0.15) is 6.61 Å². The van der Waals surface area contributed by atoms with Gasteiger partial charge in [0, 0.05) is 16.7 Å². The summed E-state index contributed by atoms with van der Waals surface area (Å²) in [5.74, 6) is -2.43. The molecule has 0 unspecified atom stereocenters. The number of hydrogen-bond acceptors (Lipinski definition) is 4. The quantitative estimate of drug-likeness (QED) is 0.476. The van der Waals surface area contributed by atoms with Crippen LogP contribution in [-0.4, -0.2) is 17.9 Å². The summed E-state index contributed by atoms with van der Waals surface area (Å²) in [6.07, 6.45) is -0.308. The lowest BCUT2D eigenvalue weighted by atomic mass is 10.1. The Morgan fingerprint density at radius 1 is 0.893 bits per heavy atom. The normalized spacial score (nSPS) is 14.1. The Balaban J connectivity index is 1.55. The molecule has 4 nitrogen and oxygen atoms in total. The number of halogens is 1. The van der Waals surface area contributed by atoms with Gasteiger partial charge < -0.3 is 14.6 Å². The van der Waals surface area contributed by atoms with Crippen LogP contribution in [-0.2, 0) is 15.3 Å². The van der Waals surface area contributed by atoms with E-state index in [9.17, 15) is 9.90 Å². The van der Waals surface area contributed by atoms with Crippen LogP contribution in [0, 0.1) is 0 Å². The summed E-state index contributed by atoms with van der Waals surface area (Å²) in [5, 5.41) is 9.42. The van der Waals surface area contributed by atoms with E-state index >= 15 is 4.39 Å². The highest BCUT2D eigenvalue weighted by molar-refractivity contribution is 5.80. The van der Waals surface area contributed by atoms with E-state index in [2.05, 4.69) is 0 Å². The summed E-state index contributed by atoms with van der Waals surface area (Å²) in [4.78, 5) is 12.3. The third kappa shape index (κ3) is 3.01. The molecule has 0 aromatic heterocycles. The first-order chi connectivity index (χ1) is 13.6. The van der Waals surface area contributed by atoms with Crippen molar-refractivity contribution in [2.45, 2.75) is 5.85 Å². The summed E-state index contributed by atoms with van der Waals surface area (Å²) >= 11 is 0. The van der Waals surface area contributed by atoms with Crippen LogP contribution in [0.2, 0.25) is 0 Å². The monoisotopic (exact) mass is 376 g/mol. The number of fused-ring (bicyclic) bond motifs is 3. The van der Waals surface area contributed by atoms with Crippen LogP contribution in [0.15, 0.2) is 85.1 Å². The average Bonchev–Trinajstić information content (AvgIpc) is 2.98. The Kier molecular flexibility index (Phi) is 4.57. The molecule has 28 heavy (non-hydrogen) atoms. The van der Waals surface area contributed by atoms with E-state index in [0.717, 1.165) is 6.26 Å². The molecule has 4 rings (SSSR count). The molecule has 1 N–H and O–H groups in total. The number of ether oxygens (including phenoxy) is 2. The Bertz CT molecular complexity index is 998. The lowest BCUT2D eigenvalue weighted by Crippen LogP contribution is -2.27. The van der Waals surface area contributed by atoms with E-state index in [0.29, 0.717) is 22.3 Å². The summed E-state index contributed by atoms with van der Waals surface area (Å²) < 4.78 is 26.1. The van der Waals surface area contributed by atoms with E-state index in [1.807, 2.05) is 6.07 Å². The molecular weight excluding hydrogens is 359 g/mol. The number of hydrogen-bond donors (Lipinski definition) is 1. The number of carbonyl (C=O) groups excluding carboxylic acids is 1. The lowest BCUT2D eigenvalue weighted by molar-refractivity contribution is -0.0904. The lowest BCUT2D eigenvalue weighted by Gasteiger charge is -2.22. The van der Waals surface area contributed by atoms with Gasteiger partial charge in [-0.2, -0.15) is 4.39 Å². The molecule has 0 amide bonds. The molecule has 1 aliphatic carbocycles. The average molecular weight is 376 g/mol. The molecule has 0 bridgehead atoms. The summed E-state index contributed by atoms with van der Waals surface area (Å²) in [6.45, 7) is -0.251. The van der Waals surface area contributed by atoms with Crippen LogP contribution in [0.1, 0.15) is 16.7 Å². The van der Waals surface area contributed by atoms with Crippen LogP contribution in [0.4, 0.5) is 9.18 Å². The van der Waals surface area contributed by atoms with E-state index in [1.165, 1.54) is 0 Å². The fraction of sp³-hybridized carbons (Fsp3) is 0.0870. The molecule has 0 saturated carbocycles. The number of benzene rings is 3. The van der Waals surface area contributed by atoms with Crippen LogP contribution in [0.25, 0.3) is 16.7 Å². The zero-order valence-corrected chi connectivity index (χ0v) is 14.8. The molecule has 140 valence electrons. The van der Waals surface area contributed by atoms with Crippen molar-refractivity contribution < 1.29 is 23.8 Å². The third-order valence-corrected chi connectivity index (χ3v) is 4.71. The fourth-order valence-electron chi connectivity index (χ4n) is 3.38. The second-order valence-electron chi connectivity index (χ2n) is 6.35. The minimum atomic E-state index is -2.43. The minimum absolute atomic E-state index is 0.251. The molecule has 0 atom stereocenters. The smallest absolute Gasteiger partial charge is 0.511 e. The number of aliphatic hydroxyl groups is 1. The van der Waals surface area contributed by atoms with Gasteiger partial charge in [-0.3, -0.25) is 0 Å². The highest BCUT2D eigenvalue weighted by Crippen LogP contribution is 2.50. The maximum absolute atomic E-state index is 15.9. The zero-order chi connectivity index (χ0) is 19.6. The van der Waals surface area contributed by atoms with Gasteiger partial charge in [-0.25, -0.2) is 4.79 Å². The van der Waals surface area contributed by atoms with E-state index in [-0.39, 0.29) is 17.7 Å². The van der Waals surface area contributed by atoms with Gasteiger partial charge >= 0.3 is 12.0 Å². The van der Waals surface area contributed by atoms with Crippen molar-refractivity contribution in [3.05, 3.63) is 102 Å². The van der Waals surface area contributed by atoms with Gasteiger partial charge in [0.2, 0.25) is 0 Å². The van der Waals surface area contributed by atoms with Crippen molar-refractivity contribution in [3.8, 4) is 11.1 Å². The first-order valence-electron chi connectivity index (χ1n) is 8.76. The standard InChI is InChI=1S/C23H17FO4/c24-23(20-12-6-4-10-18(20)19-11-5-7-13-21(19)23)28-22(26)27-15-17(14-25)16-8-2-1-3-9-16/h1-14,25H,15H2. The molecule has 0 radical (unpaired) electrons. The molecule has 0 heterocycles. The topological polar surface area (TPSA) is 55.8 Å². The first-order valence-corrected chi connectivity index (χ1v) is 8.76.